The van der Waals surface area contributed by atoms with Gasteiger partial charge in [-0.2, -0.15) is 0 Å². The number of hydrogen-bond donors (Lipinski definition) is 1. The first-order valence-electron chi connectivity index (χ1n) is 8.47. The Morgan fingerprint density at radius 3 is 1.83 bits per heavy atom. The van der Waals surface area contributed by atoms with Gasteiger partial charge in [-0.25, -0.2) is 0 Å². The molecule has 1 heteroatoms. The van der Waals surface area contributed by atoms with Crippen molar-refractivity contribution in [3.63, 3.8) is 0 Å². The quantitative estimate of drug-likeness (QED) is 0.645. The van der Waals surface area contributed by atoms with Crippen LogP contribution >= 0.6 is 0 Å². The van der Waals surface area contributed by atoms with E-state index in [1.807, 2.05) is 0 Å². The molecule has 1 nitrogen and oxygen atoms in total. The minimum Gasteiger partial charge on any atom is -0.313 e. The Hall–Kier alpha value is -0.0400. The summed E-state index contributed by atoms with van der Waals surface area (Å²) in [7, 11) is 0. The molecular formula is C17H31N. The van der Waals surface area contributed by atoms with E-state index in [1.165, 1.54) is 57.9 Å². The van der Waals surface area contributed by atoms with Gasteiger partial charge in [-0.3, -0.25) is 0 Å². The highest BCUT2D eigenvalue weighted by Gasteiger charge is 2.41. The minimum absolute atomic E-state index is 0.854. The molecule has 3 aliphatic carbocycles. The van der Waals surface area contributed by atoms with Crippen LogP contribution in [0.1, 0.15) is 65.2 Å². The first-order valence-corrected chi connectivity index (χ1v) is 8.47. The number of nitrogens with one attached hydrogen (secondary N) is 1. The second-order valence-corrected chi connectivity index (χ2v) is 7.66. The van der Waals surface area contributed by atoms with E-state index in [4.69, 9.17) is 0 Å². The lowest BCUT2D eigenvalue weighted by atomic mass is 9.95. The van der Waals surface area contributed by atoms with E-state index < -0.39 is 0 Å². The first-order chi connectivity index (χ1) is 8.74. The molecule has 0 spiro atoms. The monoisotopic (exact) mass is 249 g/mol. The van der Waals surface area contributed by atoms with E-state index in [9.17, 15) is 0 Å². The Bertz CT molecular complexity index is 249. The lowest BCUT2D eigenvalue weighted by molar-refractivity contribution is 0.322. The largest absolute Gasteiger partial charge is 0.313 e. The van der Waals surface area contributed by atoms with Crippen molar-refractivity contribution >= 4 is 0 Å². The van der Waals surface area contributed by atoms with Crippen molar-refractivity contribution in [1.82, 2.24) is 5.32 Å². The predicted molar refractivity (Wildman–Crippen MR) is 77.5 cm³/mol. The third kappa shape index (κ3) is 3.73. The van der Waals surface area contributed by atoms with Gasteiger partial charge in [0.2, 0.25) is 0 Å². The molecule has 1 N–H and O–H groups in total. The van der Waals surface area contributed by atoms with Crippen molar-refractivity contribution in [2.75, 3.05) is 6.54 Å². The maximum atomic E-state index is 3.98. The second-order valence-electron chi connectivity index (χ2n) is 7.66. The van der Waals surface area contributed by atoms with E-state index in [-0.39, 0.29) is 0 Å². The maximum Gasteiger partial charge on any atom is 0.00955 e. The topological polar surface area (TPSA) is 12.0 Å². The fourth-order valence-corrected chi connectivity index (χ4v) is 3.57. The molecule has 0 bridgehead atoms. The average molecular weight is 249 g/mol. The van der Waals surface area contributed by atoms with Gasteiger partial charge < -0.3 is 5.32 Å². The second kappa shape index (κ2) is 5.53. The molecule has 3 fully saturated rings. The zero-order valence-corrected chi connectivity index (χ0v) is 12.3. The lowest BCUT2D eigenvalue weighted by Crippen LogP contribution is -2.36. The molecule has 3 aliphatic rings. The van der Waals surface area contributed by atoms with Gasteiger partial charge in [0.05, 0.1) is 0 Å². The molecule has 0 aliphatic heterocycles. The summed E-state index contributed by atoms with van der Waals surface area (Å²) >= 11 is 0. The summed E-state index contributed by atoms with van der Waals surface area (Å²) in [5.74, 6) is 5.16. The highest BCUT2D eigenvalue weighted by molar-refractivity contribution is 4.94. The molecule has 3 saturated carbocycles. The molecular weight excluding hydrogens is 218 g/mol. The van der Waals surface area contributed by atoms with Crippen molar-refractivity contribution in [3.8, 4) is 0 Å². The van der Waals surface area contributed by atoms with Crippen molar-refractivity contribution in [2.45, 2.75) is 71.3 Å². The van der Waals surface area contributed by atoms with Gasteiger partial charge in [0.15, 0.2) is 0 Å². The van der Waals surface area contributed by atoms with E-state index >= 15 is 0 Å². The number of rotatable bonds is 9. The molecule has 0 aromatic rings. The summed E-state index contributed by atoms with van der Waals surface area (Å²) in [6.45, 7) is 6.07. The van der Waals surface area contributed by atoms with Gasteiger partial charge >= 0.3 is 0 Å². The average Bonchev–Trinajstić information content (AvgIpc) is 3.15. The molecule has 0 aromatic carbocycles. The predicted octanol–water partition coefficient (Wildman–Crippen LogP) is 4.23. The van der Waals surface area contributed by atoms with E-state index in [2.05, 4.69) is 19.2 Å². The summed E-state index contributed by atoms with van der Waals surface area (Å²) in [4.78, 5) is 0. The zero-order chi connectivity index (χ0) is 12.5. The Kier molecular flexibility index (Phi) is 3.98. The van der Waals surface area contributed by atoms with Crippen LogP contribution in [0.4, 0.5) is 0 Å². The third-order valence-electron chi connectivity index (χ3n) is 5.32. The zero-order valence-electron chi connectivity index (χ0n) is 12.3. The van der Waals surface area contributed by atoms with E-state index in [0.717, 1.165) is 35.6 Å². The van der Waals surface area contributed by atoms with Gasteiger partial charge in [-0.05, 0) is 87.5 Å². The molecule has 0 aromatic heterocycles. The Balaban J connectivity index is 1.43. The molecule has 0 radical (unpaired) electrons. The molecule has 1 unspecified atom stereocenters. The molecule has 104 valence electrons. The normalized spacial score (nSPS) is 26.0. The molecule has 0 amide bonds. The molecule has 0 heterocycles. The van der Waals surface area contributed by atoms with Crippen LogP contribution in [0.3, 0.4) is 0 Å². The van der Waals surface area contributed by atoms with Crippen molar-refractivity contribution in [2.24, 2.45) is 29.6 Å². The van der Waals surface area contributed by atoms with Crippen LogP contribution in [0.25, 0.3) is 0 Å². The van der Waals surface area contributed by atoms with Crippen LogP contribution in [0.5, 0.6) is 0 Å². The highest BCUT2D eigenvalue weighted by atomic mass is 14.9. The molecule has 3 rings (SSSR count). The number of hydrogen-bond acceptors (Lipinski definition) is 1. The van der Waals surface area contributed by atoms with Gasteiger partial charge in [-0.1, -0.05) is 13.8 Å². The molecule has 18 heavy (non-hydrogen) atoms. The van der Waals surface area contributed by atoms with E-state index in [1.54, 1.807) is 0 Å². The van der Waals surface area contributed by atoms with Crippen molar-refractivity contribution in [1.29, 1.82) is 0 Å². The van der Waals surface area contributed by atoms with Gasteiger partial charge in [0, 0.05) is 6.04 Å². The smallest absolute Gasteiger partial charge is 0.00955 e. The van der Waals surface area contributed by atoms with Gasteiger partial charge in [0.25, 0.3) is 0 Å². The minimum atomic E-state index is 0.854. The fourth-order valence-electron chi connectivity index (χ4n) is 3.57. The molecule has 1 atom stereocenters. The van der Waals surface area contributed by atoms with Crippen LogP contribution < -0.4 is 5.32 Å². The maximum absolute atomic E-state index is 3.98. The molecule has 0 saturated heterocycles. The third-order valence-corrected chi connectivity index (χ3v) is 5.32. The van der Waals surface area contributed by atoms with Gasteiger partial charge in [0.1, 0.15) is 0 Å². The van der Waals surface area contributed by atoms with E-state index in [0.29, 0.717) is 0 Å². The Labute approximate surface area is 113 Å². The standard InChI is InChI=1S/C17H31N/c1-12(2)3-10-17(15-8-9-15)18-11-16(13-4-5-13)14-6-7-14/h12-18H,3-11H2,1-2H3. The first kappa shape index (κ1) is 13.0. The van der Waals surface area contributed by atoms with Crippen LogP contribution in [0, 0.1) is 29.6 Å². The van der Waals surface area contributed by atoms with Crippen molar-refractivity contribution < 1.29 is 0 Å². The fraction of sp³-hybridized carbons (Fsp3) is 1.00. The van der Waals surface area contributed by atoms with Gasteiger partial charge in [-0.15, -0.1) is 0 Å². The van der Waals surface area contributed by atoms with Crippen LogP contribution in [0.2, 0.25) is 0 Å². The van der Waals surface area contributed by atoms with Crippen LogP contribution in [-0.2, 0) is 0 Å². The SMILES string of the molecule is CC(C)CCC(NCC(C1CC1)C1CC1)C1CC1. The summed E-state index contributed by atoms with van der Waals surface area (Å²) < 4.78 is 0. The lowest BCUT2D eigenvalue weighted by Gasteiger charge is -2.23. The summed E-state index contributed by atoms with van der Waals surface area (Å²) in [5, 5.41) is 3.98. The van der Waals surface area contributed by atoms with Crippen molar-refractivity contribution in [3.05, 3.63) is 0 Å². The highest BCUT2D eigenvalue weighted by Crippen LogP contribution is 2.49. The van der Waals surface area contributed by atoms with Crippen LogP contribution in [0.15, 0.2) is 0 Å². The Morgan fingerprint density at radius 1 is 0.833 bits per heavy atom. The van der Waals surface area contributed by atoms with Crippen LogP contribution in [-0.4, -0.2) is 12.6 Å². The summed E-state index contributed by atoms with van der Waals surface area (Å²) in [6, 6.07) is 0.854. The Morgan fingerprint density at radius 2 is 1.39 bits per heavy atom. The summed E-state index contributed by atoms with van der Waals surface area (Å²) in [5.41, 5.74) is 0. The summed E-state index contributed by atoms with van der Waals surface area (Å²) in [6.07, 6.45) is 11.9.